The zero-order valence-electron chi connectivity index (χ0n) is 11.4. The Balaban J connectivity index is 1.50. The second-order valence-electron chi connectivity index (χ2n) is 7.30. The first-order chi connectivity index (χ1) is 8.83. The van der Waals surface area contributed by atoms with Gasteiger partial charge >= 0.3 is 0 Å². The predicted molar refractivity (Wildman–Crippen MR) is 73.3 cm³/mol. The molecule has 0 aromatic carbocycles. The van der Waals surface area contributed by atoms with Gasteiger partial charge in [-0.1, -0.05) is 0 Å². The summed E-state index contributed by atoms with van der Waals surface area (Å²) in [5.74, 6) is 4.24. The Labute approximate surface area is 110 Å². The number of nitrogens with two attached hydrogens (primary N) is 1. The summed E-state index contributed by atoms with van der Waals surface area (Å²) in [4.78, 5) is 2.81. The van der Waals surface area contributed by atoms with Gasteiger partial charge in [-0.3, -0.25) is 4.90 Å². The SMILES string of the molecule is NCC1CN(C2C3CC4CC(C3)CC2C4)CCN1. The van der Waals surface area contributed by atoms with Gasteiger partial charge in [-0.2, -0.15) is 0 Å². The van der Waals surface area contributed by atoms with E-state index in [4.69, 9.17) is 5.73 Å². The molecule has 5 fully saturated rings. The van der Waals surface area contributed by atoms with Crippen LogP contribution in [0.4, 0.5) is 0 Å². The van der Waals surface area contributed by atoms with E-state index in [-0.39, 0.29) is 0 Å². The molecule has 3 heteroatoms. The molecule has 102 valence electrons. The Morgan fingerprint density at radius 1 is 1.00 bits per heavy atom. The van der Waals surface area contributed by atoms with E-state index < -0.39 is 0 Å². The maximum atomic E-state index is 5.85. The van der Waals surface area contributed by atoms with Crippen LogP contribution in [0.15, 0.2) is 0 Å². The molecule has 0 aromatic heterocycles. The van der Waals surface area contributed by atoms with Gasteiger partial charge in [-0.15, -0.1) is 0 Å². The van der Waals surface area contributed by atoms with Gasteiger partial charge in [0.2, 0.25) is 0 Å². The minimum atomic E-state index is 0.538. The Morgan fingerprint density at radius 3 is 2.28 bits per heavy atom. The van der Waals surface area contributed by atoms with Crippen molar-refractivity contribution in [1.29, 1.82) is 0 Å². The molecule has 1 atom stereocenters. The molecule has 1 aliphatic heterocycles. The normalized spacial score (nSPS) is 51.8. The molecule has 0 amide bonds. The standard InChI is InChI=1S/C15H27N3/c16-8-14-9-18(2-1-17-14)15-12-4-10-3-11(6-12)7-13(15)5-10/h10-15,17H,1-9,16H2. The number of piperazine rings is 1. The fraction of sp³-hybridized carbons (Fsp3) is 1.00. The fourth-order valence-electron chi connectivity index (χ4n) is 5.77. The number of hydrogen-bond donors (Lipinski definition) is 2. The average Bonchev–Trinajstić information content (AvgIpc) is 2.38. The first-order valence-electron chi connectivity index (χ1n) is 8.01. The molecule has 1 heterocycles. The molecule has 3 nitrogen and oxygen atoms in total. The van der Waals surface area contributed by atoms with Crippen LogP contribution in [0, 0.1) is 23.7 Å². The van der Waals surface area contributed by atoms with Gasteiger partial charge in [0.25, 0.3) is 0 Å². The van der Waals surface area contributed by atoms with E-state index in [9.17, 15) is 0 Å². The predicted octanol–water partition coefficient (Wildman–Crippen LogP) is 1.04. The molecule has 0 aromatic rings. The van der Waals surface area contributed by atoms with Crippen molar-refractivity contribution in [3.8, 4) is 0 Å². The first-order valence-corrected chi connectivity index (χ1v) is 8.01. The minimum Gasteiger partial charge on any atom is -0.329 e. The lowest BCUT2D eigenvalue weighted by molar-refractivity contribution is -0.0717. The highest BCUT2D eigenvalue weighted by molar-refractivity contribution is 5.03. The number of hydrogen-bond acceptors (Lipinski definition) is 3. The van der Waals surface area contributed by atoms with Crippen molar-refractivity contribution in [2.24, 2.45) is 29.4 Å². The maximum absolute atomic E-state index is 5.85. The van der Waals surface area contributed by atoms with Crippen LogP contribution in [0.3, 0.4) is 0 Å². The van der Waals surface area contributed by atoms with E-state index in [0.717, 1.165) is 42.8 Å². The summed E-state index contributed by atoms with van der Waals surface area (Å²) in [6.07, 6.45) is 7.71. The van der Waals surface area contributed by atoms with E-state index in [1.165, 1.54) is 38.8 Å². The molecule has 5 rings (SSSR count). The molecule has 5 aliphatic rings. The molecule has 1 saturated heterocycles. The zero-order valence-corrected chi connectivity index (χ0v) is 11.4. The average molecular weight is 249 g/mol. The molecule has 0 spiro atoms. The highest BCUT2D eigenvalue weighted by Gasteiger charge is 2.50. The van der Waals surface area contributed by atoms with E-state index >= 15 is 0 Å². The van der Waals surface area contributed by atoms with Gasteiger partial charge < -0.3 is 11.1 Å². The second-order valence-corrected chi connectivity index (χ2v) is 7.30. The topological polar surface area (TPSA) is 41.3 Å². The van der Waals surface area contributed by atoms with Crippen LogP contribution < -0.4 is 11.1 Å². The largest absolute Gasteiger partial charge is 0.329 e. The van der Waals surface area contributed by atoms with Crippen LogP contribution in [-0.4, -0.2) is 43.2 Å². The van der Waals surface area contributed by atoms with Gasteiger partial charge in [0.05, 0.1) is 0 Å². The number of rotatable bonds is 2. The van der Waals surface area contributed by atoms with Gasteiger partial charge in [-0.25, -0.2) is 0 Å². The van der Waals surface area contributed by atoms with Gasteiger partial charge in [0, 0.05) is 38.3 Å². The van der Waals surface area contributed by atoms with E-state index in [1.54, 1.807) is 6.42 Å². The molecule has 18 heavy (non-hydrogen) atoms. The lowest BCUT2D eigenvalue weighted by Gasteiger charge is -2.58. The third kappa shape index (κ3) is 1.83. The fourth-order valence-corrected chi connectivity index (χ4v) is 5.77. The monoisotopic (exact) mass is 249 g/mol. The molecule has 3 N–H and O–H groups in total. The van der Waals surface area contributed by atoms with E-state index in [2.05, 4.69) is 10.2 Å². The second kappa shape index (κ2) is 4.46. The summed E-state index contributed by atoms with van der Waals surface area (Å²) in [7, 11) is 0. The smallest absolute Gasteiger partial charge is 0.0318 e. The van der Waals surface area contributed by atoms with Crippen LogP contribution >= 0.6 is 0 Å². The highest BCUT2D eigenvalue weighted by atomic mass is 15.2. The van der Waals surface area contributed by atoms with E-state index in [1.807, 2.05) is 0 Å². The number of nitrogens with zero attached hydrogens (tertiary/aromatic N) is 1. The molecule has 4 saturated carbocycles. The van der Waals surface area contributed by atoms with Crippen LogP contribution in [0.5, 0.6) is 0 Å². The van der Waals surface area contributed by atoms with Crippen molar-refractivity contribution < 1.29 is 0 Å². The summed E-state index contributed by atoms with van der Waals surface area (Å²) in [5, 5.41) is 3.55. The lowest BCUT2D eigenvalue weighted by atomic mass is 9.54. The molecule has 4 bridgehead atoms. The zero-order chi connectivity index (χ0) is 12.1. The first kappa shape index (κ1) is 11.7. The van der Waals surface area contributed by atoms with Crippen LogP contribution in [0.1, 0.15) is 32.1 Å². The van der Waals surface area contributed by atoms with Gasteiger partial charge in [0.1, 0.15) is 0 Å². The van der Waals surface area contributed by atoms with Gasteiger partial charge in [-0.05, 0) is 55.8 Å². The van der Waals surface area contributed by atoms with Crippen molar-refractivity contribution >= 4 is 0 Å². The Morgan fingerprint density at radius 2 is 1.67 bits per heavy atom. The highest BCUT2D eigenvalue weighted by Crippen LogP contribution is 2.55. The van der Waals surface area contributed by atoms with Crippen molar-refractivity contribution in [2.45, 2.75) is 44.2 Å². The summed E-state index contributed by atoms with van der Waals surface area (Å²) in [6, 6.07) is 1.45. The Hall–Kier alpha value is -0.120. The van der Waals surface area contributed by atoms with Crippen molar-refractivity contribution in [3.63, 3.8) is 0 Å². The molecule has 4 aliphatic carbocycles. The summed E-state index contributed by atoms with van der Waals surface area (Å²) in [5.41, 5.74) is 5.85. The number of nitrogens with one attached hydrogen (secondary N) is 1. The van der Waals surface area contributed by atoms with Crippen LogP contribution in [0.2, 0.25) is 0 Å². The Bertz CT molecular complexity index is 289. The summed E-state index contributed by atoms with van der Waals surface area (Å²) >= 11 is 0. The molecule has 1 unspecified atom stereocenters. The minimum absolute atomic E-state index is 0.538. The van der Waals surface area contributed by atoms with Crippen molar-refractivity contribution in [1.82, 2.24) is 10.2 Å². The summed E-state index contributed by atoms with van der Waals surface area (Å²) in [6.45, 7) is 4.39. The molecule has 0 radical (unpaired) electrons. The molecular weight excluding hydrogens is 222 g/mol. The van der Waals surface area contributed by atoms with Crippen molar-refractivity contribution in [3.05, 3.63) is 0 Å². The molecular formula is C15H27N3. The summed E-state index contributed by atoms with van der Waals surface area (Å²) < 4.78 is 0. The lowest BCUT2D eigenvalue weighted by Crippen LogP contribution is -2.62. The third-order valence-corrected chi connectivity index (χ3v) is 6.17. The van der Waals surface area contributed by atoms with Crippen LogP contribution in [0.25, 0.3) is 0 Å². The third-order valence-electron chi connectivity index (χ3n) is 6.17. The van der Waals surface area contributed by atoms with Crippen LogP contribution in [-0.2, 0) is 0 Å². The Kier molecular flexibility index (Phi) is 2.90. The maximum Gasteiger partial charge on any atom is 0.0318 e. The van der Waals surface area contributed by atoms with Crippen molar-refractivity contribution in [2.75, 3.05) is 26.2 Å². The van der Waals surface area contributed by atoms with E-state index in [0.29, 0.717) is 6.04 Å². The van der Waals surface area contributed by atoms with Gasteiger partial charge in [0.15, 0.2) is 0 Å². The quantitative estimate of drug-likeness (QED) is 0.768.